The molecule has 1 fully saturated rings. The highest BCUT2D eigenvalue weighted by molar-refractivity contribution is 5.83. The number of hydrogen-bond acceptors (Lipinski definition) is 2. The van der Waals surface area contributed by atoms with Gasteiger partial charge in [-0.3, -0.25) is 9.59 Å². The first kappa shape index (κ1) is 13.6. The van der Waals surface area contributed by atoms with Crippen molar-refractivity contribution in [3.63, 3.8) is 0 Å². The maximum Gasteiger partial charge on any atom is 0.227 e. The Bertz CT molecular complexity index is 475. The van der Waals surface area contributed by atoms with Crippen LogP contribution in [0.5, 0.6) is 0 Å². The number of benzene rings is 1. The van der Waals surface area contributed by atoms with Gasteiger partial charge in [-0.1, -0.05) is 29.8 Å². The van der Waals surface area contributed by atoms with Gasteiger partial charge in [0.2, 0.25) is 11.8 Å². The zero-order valence-corrected chi connectivity index (χ0v) is 11.5. The third kappa shape index (κ3) is 3.56. The molecule has 1 N–H and O–H groups in total. The molecule has 2 rings (SSSR count). The average Bonchev–Trinajstić information content (AvgIpc) is 2.39. The van der Waals surface area contributed by atoms with Crippen LogP contribution in [-0.2, 0) is 16.1 Å². The normalized spacial score (nSPS) is 18.8. The van der Waals surface area contributed by atoms with Crippen molar-refractivity contribution in [2.24, 2.45) is 5.92 Å². The molecule has 1 unspecified atom stereocenters. The summed E-state index contributed by atoms with van der Waals surface area (Å²) in [7, 11) is 1.82. The Morgan fingerprint density at radius 3 is 2.89 bits per heavy atom. The van der Waals surface area contributed by atoms with Crippen molar-refractivity contribution in [2.45, 2.75) is 26.3 Å². The summed E-state index contributed by atoms with van der Waals surface area (Å²) in [5, 5.41) is 2.75. The molecule has 1 aromatic rings. The number of hydrogen-bond donors (Lipinski definition) is 1. The van der Waals surface area contributed by atoms with Gasteiger partial charge in [0, 0.05) is 26.6 Å². The molecule has 0 aromatic heterocycles. The Morgan fingerprint density at radius 1 is 1.47 bits per heavy atom. The Hall–Kier alpha value is -1.84. The summed E-state index contributed by atoms with van der Waals surface area (Å²) in [4.78, 5) is 25.1. The lowest BCUT2D eigenvalue weighted by Gasteiger charge is -2.26. The Kier molecular flexibility index (Phi) is 4.20. The fourth-order valence-corrected chi connectivity index (χ4v) is 2.42. The van der Waals surface area contributed by atoms with Gasteiger partial charge in [-0.25, -0.2) is 0 Å². The number of nitrogens with one attached hydrogen (secondary N) is 1. The minimum absolute atomic E-state index is 0.0467. The van der Waals surface area contributed by atoms with E-state index in [9.17, 15) is 9.59 Å². The van der Waals surface area contributed by atoms with Crippen LogP contribution in [0.3, 0.4) is 0 Å². The number of rotatable bonds is 3. The predicted octanol–water partition coefficient (Wildman–Crippen LogP) is 1.48. The van der Waals surface area contributed by atoms with Crippen LogP contribution in [0.1, 0.15) is 24.0 Å². The number of carbonyl (C=O) groups is 2. The quantitative estimate of drug-likeness (QED) is 0.895. The average molecular weight is 260 g/mol. The minimum atomic E-state index is -0.0764. The van der Waals surface area contributed by atoms with Crippen LogP contribution in [0.4, 0.5) is 0 Å². The molecule has 1 heterocycles. The van der Waals surface area contributed by atoms with Crippen LogP contribution in [0, 0.1) is 12.8 Å². The molecule has 1 aliphatic heterocycles. The second kappa shape index (κ2) is 5.87. The standard InChI is InChI=1S/C15H20N2O2/c1-11-4-3-5-12(8-11)10-17(2)15(19)13-6-7-14(18)16-9-13/h3-5,8,13H,6-7,9-10H2,1-2H3,(H,16,18). The van der Waals surface area contributed by atoms with Crippen molar-refractivity contribution in [1.82, 2.24) is 10.2 Å². The maximum absolute atomic E-state index is 12.3. The molecule has 1 aliphatic rings. The van der Waals surface area contributed by atoms with Crippen molar-refractivity contribution in [3.8, 4) is 0 Å². The summed E-state index contributed by atoms with van der Waals surface area (Å²) in [5.41, 5.74) is 2.33. The largest absolute Gasteiger partial charge is 0.355 e. The highest BCUT2D eigenvalue weighted by Crippen LogP contribution is 2.15. The first-order valence-electron chi connectivity index (χ1n) is 6.63. The first-order valence-corrected chi connectivity index (χ1v) is 6.63. The zero-order chi connectivity index (χ0) is 13.8. The number of carbonyl (C=O) groups excluding carboxylic acids is 2. The van der Waals surface area contributed by atoms with Crippen LogP contribution in [0.15, 0.2) is 24.3 Å². The summed E-state index contributed by atoms with van der Waals surface area (Å²) in [6, 6.07) is 8.16. The molecule has 0 bridgehead atoms. The molecular formula is C15H20N2O2. The van der Waals surface area contributed by atoms with Gasteiger partial charge in [0.25, 0.3) is 0 Å². The van der Waals surface area contributed by atoms with E-state index < -0.39 is 0 Å². The molecule has 4 heteroatoms. The molecule has 4 nitrogen and oxygen atoms in total. The molecule has 19 heavy (non-hydrogen) atoms. The van der Waals surface area contributed by atoms with E-state index >= 15 is 0 Å². The van der Waals surface area contributed by atoms with Crippen molar-refractivity contribution in [3.05, 3.63) is 35.4 Å². The van der Waals surface area contributed by atoms with E-state index in [1.165, 1.54) is 5.56 Å². The fourth-order valence-electron chi connectivity index (χ4n) is 2.42. The first-order chi connectivity index (χ1) is 9.06. The van der Waals surface area contributed by atoms with E-state index in [2.05, 4.69) is 11.4 Å². The Balaban J connectivity index is 1.94. The second-order valence-electron chi connectivity index (χ2n) is 5.22. The highest BCUT2D eigenvalue weighted by Gasteiger charge is 2.26. The number of piperidine rings is 1. The fraction of sp³-hybridized carbons (Fsp3) is 0.467. The summed E-state index contributed by atoms with van der Waals surface area (Å²) in [6.07, 6.45) is 1.11. The lowest BCUT2D eigenvalue weighted by atomic mass is 9.97. The molecule has 1 aromatic carbocycles. The van der Waals surface area contributed by atoms with E-state index in [0.29, 0.717) is 25.9 Å². The number of nitrogens with zero attached hydrogens (tertiary/aromatic N) is 1. The van der Waals surface area contributed by atoms with Gasteiger partial charge >= 0.3 is 0 Å². The minimum Gasteiger partial charge on any atom is -0.355 e. The van der Waals surface area contributed by atoms with Crippen molar-refractivity contribution in [1.29, 1.82) is 0 Å². The number of amides is 2. The smallest absolute Gasteiger partial charge is 0.227 e. The van der Waals surface area contributed by atoms with Gasteiger partial charge in [0.15, 0.2) is 0 Å². The summed E-state index contributed by atoms with van der Waals surface area (Å²) >= 11 is 0. The third-order valence-electron chi connectivity index (χ3n) is 3.49. The number of aryl methyl sites for hydroxylation is 1. The maximum atomic E-state index is 12.3. The van der Waals surface area contributed by atoms with Gasteiger partial charge < -0.3 is 10.2 Å². The lowest BCUT2D eigenvalue weighted by Crippen LogP contribution is -2.43. The van der Waals surface area contributed by atoms with Gasteiger partial charge in [-0.05, 0) is 18.9 Å². The second-order valence-corrected chi connectivity index (χ2v) is 5.22. The molecule has 0 aliphatic carbocycles. The SMILES string of the molecule is Cc1cccc(CN(C)C(=O)C2CCC(=O)NC2)c1. The highest BCUT2D eigenvalue weighted by atomic mass is 16.2. The Morgan fingerprint density at radius 2 is 2.26 bits per heavy atom. The molecule has 0 radical (unpaired) electrons. The van der Waals surface area contributed by atoms with Crippen molar-refractivity contribution >= 4 is 11.8 Å². The van der Waals surface area contributed by atoms with Crippen LogP contribution in [-0.4, -0.2) is 30.3 Å². The molecule has 0 saturated carbocycles. The van der Waals surface area contributed by atoms with Gasteiger partial charge in [-0.15, -0.1) is 0 Å². The van der Waals surface area contributed by atoms with Gasteiger partial charge in [0.05, 0.1) is 5.92 Å². The van der Waals surface area contributed by atoms with E-state index in [0.717, 1.165) is 5.56 Å². The van der Waals surface area contributed by atoms with Gasteiger partial charge in [0.1, 0.15) is 0 Å². The van der Waals surface area contributed by atoms with E-state index in [4.69, 9.17) is 0 Å². The zero-order valence-electron chi connectivity index (χ0n) is 11.5. The third-order valence-corrected chi connectivity index (χ3v) is 3.49. The molecule has 1 atom stereocenters. The van der Waals surface area contributed by atoms with Crippen LogP contribution < -0.4 is 5.32 Å². The van der Waals surface area contributed by atoms with Gasteiger partial charge in [-0.2, -0.15) is 0 Å². The lowest BCUT2D eigenvalue weighted by molar-refractivity contribution is -0.136. The monoisotopic (exact) mass is 260 g/mol. The van der Waals surface area contributed by atoms with E-state index in [-0.39, 0.29) is 17.7 Å². The van der Waals surface area contributed by atoms with Crippen LogP contribution in [0.25, 0.3) is 0 Å². The summed E-state index contributed by atoms with van der Waals surface area (Å²) < 4.78 is 0. The Labute approximate surface area is 113 Å². The van der Waals surface area contributed by atoms with Crippen molar-refractivity contribution in [2.75, 3.05) is 13.6 Å². The van der Waals surface area contributed by atoms with Crippen molar-refractivity contribution < 1.29 is 9.59 Å². The van der Waals surface area contributed by atoms with E-state index in [1.54, 1.807) is 4.90 Å². The molecule has 2 amide bonds. The molecule has 102 valence electrons. The predicted molar refractivity (Wildman–Crippen MR) is 73.4 cm³/mol. The molecule has 1 saturated heterocycles. The molecule has 0 spiro atoms. The topological polar surface area (TPSA) is 49.4 Å². The van der Waals surface area contributed by atoms with Crippen LogP contribution >= 0.6 is 0 Å². The molecular weight excluding hydrogens is 240 g/mol. The van der Waals surface area contributed by atoms with E-state index in [1.807, 2.05) is 32.2 Å². The van der Waals surface area contributed by atoms with Crippen LogP contribution in [0.2, 0.25) is 0 Å². The summed E-state index contributed by atoms with van der Waals surface area (Å²) in [5.74, 6) is 0.0828. The summed E-state index contributed by atoms with van der Waals surface area (Å²) in [6.45, 7) is 3.13.